The van der Waals surface area contributed by atoms with Crippen LogP contribution in [0.4, 0.5) is 0 Å². The van der Waals surface area contributed by atoms with Crippen LogP contribution in [0.5, 0.6) is 0 Å². The highest BCUT2D eigenvalue weighted by molar-refractivity contribution is 7.89. The second-order valence-electron chi connectivity index (χ2n) is 7.21. The van der Waals surface area contributed by atoms with Crippen LogP contribution in [-0.2, 0) is 27.8 Å². The number of hydrogen-bond donors (Lipinski definition) is 1. The van der Waals surface area contributed by atoms with Crippen LogP contribution < -0.4 is 5.56 Å². The van der Waals surface area contributed by atoms with Gasteiger partial charge in [-0.3, -0.25) is 9.59 Å². The number of hydrogen-bond acceptors (Lipinski definition) is 5. The number of nitrogens with zero attached hydrogens (tertiary/aromatic N) is 3. The summed E-state index contributed by atoms with van der Waals surface area (Å²) in [5, 5.41) is 0. The molecule has 0 radical (unpaired) electrons. The van der Waals surface area contributed by atoms with Gasteiger partial charge >= 0.3 is 0 Å². The van der Waals surface area contributed by atoms with Gasteiger partial charge in [-0.2, -0.15) is 4.31 Å². The quantitative estimate of drug-likeness (QED) is 0.809. The molecule has 3 rings (SSSR count). The summed E-state index contributed by atoms with van der Waals surface area (Å²) in [6.07, 6.45) is 4.30. The Morgan fingerprint density at radius 2 is 2.04 bits per heavy atom. The fourth-order valence-corrected chi connectivity index (χ4v) is 4.94. The maximum Gasteiger partial charge on any atom is 0.254 e. The Hall–Kier alpha value is -1.74. The van der Waals surface area contributed by atoms with E-state index < -0.39 is 10.0 Å². The molecule has 0 spiro atoms. The highest BCUT2D eigenvalue weighted by Gasteiger charge is 2.32. The van der Waals surface area contributed by atoms with Crippen LogP contribution in [0.1, 0.15) is 69.1 Å². The van der Waals surface area contributed by atoms with Crippen molar-refractivity contribution < 1.29 is 13.2 Å². The second kappa shape index (κ2) is 8.10. The van der Waals surface area contributed by atoms with Crippen molar-refractivity contribution in [1.29, 1.82) is 0 Å². The summed E-state index contributed by atoms with van der Waals surface area (Å²) in [6, 6.07) is -0.242. The number of amides is 1. The van der Waals surface area contributed by atoms with Gasteiger partial charge < -0.3 is 9.88 Å². The zero-order valence-electron chi connectivity index (χ0n) is 16.0. The van der Waals surface area contributed by atoms with E-state index in [1.807, 2.05) is 11.8 Å². The summed E-state index contributed by atoms with van der Waals surface area (Å²) in [6.45, 7) is 4.68. The number of likely N-dealkylation sites (tertiary alicyclic amines) is 1. The maximum absolute atomic E-state index is 12.6. The Morgan fingerprint density at radius 1 is 1.26 bits per heavy atom. The molecule has 27 heavy (non-hydrogen) atoms. The van der Waals surface area contributed by atoms with Gasteiger partial charge in [0.1, 0.15) is 5.82 Å². The lowest BCUT2D eigenvalue weighted by atomic mass is 10.00. The molecule has 1 fully saturated rings. The van der Waals surface area contributed by atoms with Crippen molar-refractivity contribution in [3.63, 3.8) is 0 Å². The number of nitrogens with one attached hydrogen (secondary N) is 1. The molecule has 1 atom stereocenters. The first-order valence-corrected chi connectivity index (χ1v) is 11.4. The number of rotatable bonds is 5. The van der Waals surface area contributed by atoms with E-state index in [0.29, 0.717) is 43.0 Å². The van der Waals surface area contributed by atoms with Crippen LogP contribution >= 0.6 is 0 Å². The average molecular weight is 397 g/mol. The minimum atomic E-state index is -3.33. The standard InChI is InChI=1S/C18H28N4O4S/c1-3-7-16(23)22-10-6-5-8-15(22)17-19-14-12-21(27(25,26)4-2)11-9-13(14)18(24)20-17/h15H,3-12H2,1-2H3,(H,19,20,24)/t15-/m1/s1. The predicted octanol–water partition coefficient (Wildman–Crippen LogP) is 1.33. The Kier molecular flexibility index (Phi) is 6.00. The molecule has 1 aromatic heterocycles. The van der Waals surface area contributed by atoms with Crippen LogP contribution in [0.2, 0.25) is 0 Å². The SMILES string of the molecule is CCCC(=O)N1CCCC[C@@H]1c1nc2c(c(=O)[nH]1)CCN(S(=O)(=O)CC)C2. The van der Waals surface area contributed by atoms with Crippen LogP contribution in [0.3, 0.4) is 0 Å². The summed E-state index contributed by atoms with van der Waals surface area (Å²) in [5.74, 6) is 0.594. The molecular weight excluding hydrogens is 368 g/mol. The van der Waals surface area contributed by atoms with Crippen molar-refractivity contribution in [3.05, 3.63) is 27.4 Å². The van der Waals surface area contributed by atoms with Crippen LogP contribution in [0.25, 0.3) is 0 Å². The summed E-state index contributed by atoms with van der Waals surface area (Å²) in [7, 11) is -3.33. The van der Waals surface area contributed by atoms with Crippen molar-refractivity contribution in [1.82, 2.24) is 19.2 Å². The predicted molar refractivity (Wildman–Crippen MR) is 102 cm³/mol. The molecule has 0 saturated carbocycles. The summed E-state index contributed by atoms with van der Waals surface area (Å²) in [4.78, 5) is 34.4. The maximum atomic E-state index is 12.6. The molecule has 3 heterocycles. The first-order valence-electron chi connectivity index (χ1n) is 9.76. The Morgan fingerprint density at radius 3 is 2.74 bits per heavy atom. The molecule has 2 aliphatic rings. The van der Waals surface area contributed by atoms with Gasteiger partial charge in [0.15, 0.2) is 0 Å². The van der Waals surface area contributed by atoms with E-state index in [1.165, 1.54) is 4.31 Å². The average Bonchev–Trinajstić information content (AvgIpc) is 2.67. The fourth-order valence-electron chi connectivity index (χ4n) is 3.88. The number of fused-ring (bicyclic) bond motifs is 1. The Labute approximate surface area is 160 Å². The lowest BCUT2D eigenvalue weighted by Gasteiger charge is -2.35. The number of H-pyrrole nitrogens is 1. The topological polar surface area (TPSA) is 103 Å². The van der Waals surface area contributed by atoms with Gasteiger partial charge in [-0.1, -0.05) is 6.92 Å². The lowest BCUT2D eigenvalue weighted by molar-refractivity contribution is -0.135. The highest BCUT2D eigenvalue weighted by Crippen LogP contribution is 2.30. The van der Waals surface area contributed by atoms with Crippen molar-refractivity contribution in [3.8, 4) is 0 Å². The monoisotopic (exact) mass is 396 g/mol. The molecule has 150 valence electrons. The van der Waals surface area contributed by atoms with E-state index in [1.54, 1.807) is 6.92 Å². The number of carbonyl (C=O) groups is 1. The molecule has 0 aliphatic carbocycles. The Balaban J connectivity index is 1.94. The first-order chi connectivity index (χ1) is 12.9. The van der Waals surface area contributed by atoms with E-state index in [-0.39, 0.29) is 29.8 Å². The minimum absolute atomic E-state index is 0.0281. The Bertz CT molecular complexity index is 865. The van der Waals surface area contributed by atoms with E-state index in [2.05, 4.69) is 9.97 Å². The zero-order valence-corrected chi connectivity index (χ0v) is 16.8. The minimum Gasteiger partial charge on any atom is -0.333 e. The third-order valence-corrected chi connectivity index (χ3v) is 7.25. The van der Waals surface area contributed by atoms with E-state index in [4.69, 9.17) is 0 Å². The summed E-state index contributed by atoms with van der Waals surface area (Å²) in [5.41, 5.74) is 0.867. The van der Waals surface area contributed by atoms with Crippen LogP contribution in [0, 0.1) is 0 Å². The molecular formula is C18H28N4O4S. The second-order valence-corrected chi connectivity index (χ2v) is 9.47. The van der Waals surface area contributed by atoms with Gasteiger partial charge in [0.25, 0.3) is 5.56 Å². The van der Waals surface area contributed by atoms with Crippen molar-refractivity contribution in [2.45, 2.75) is 65.0 Å². The van der Waals surface area contributed by atoms with Gasteiger partial charge in [-0.15, -0.1) is 0 Å². The molecule has 8 nitrogen and oxygen atoms in total. The molecule has 1 amide bonds. The van der Waals surface area contributed by atoms with Gasteiger partial charge in [0.2, 0.25) is 15.9 Å². The largest absolute Gasteiger partial charge is 0.333 e. The van der Waals surface area contributed by atoms with Crippen LogP contribution in [-0.4, -0.2) is 52.3 Å². The third kappa shape index (κ3) is 4.08. The number of aromatic nitrogens is 2. The molecule has 0 bridgehead atoms. The van der Waals surface area contributed by atoms with Crippen molar-refractivity contribution in [2.75, 3.05) is 18.8 Å². The lowest BCUT2D eigenvalue weighted by Crippen LogP contribution is -2.42. The van der Waals surface area contributed by atoms with Crippen molar-refractivity contribution >= 4 is 15.9 Å². The molecule has 1 aromatic rings. The van der Waals surface area contributed by atoms with Gasteiger partial charge in [0.05, 0.1) is 24.0 Å². The normalized spacial score (nSPS) is 21.1. The molecule has 0 unspecified atom stereocenters. The third-order valence-electron chi connectivity index (χ3n) is 5.42. The molecule has 1 saturated heterocycles. The van der Waals surface area contributed by atoms with Crippen molar-refractivity contribution in [2.24, 2.45) is 0 Å². The summed E-state index contributed by atoms with van der Waals surface area (Å²) < 4.78 is 25.8. The number of aromatic amines is 1. The van der Waals surface area contributed by atoms with E-state index >= 15 is 0 Å². The molecule has 1 N–H and O–H groups in total. The van der Waals surface area contributed by atoms with Gasteiger partial charge in [-0.25, -0.2) is 13.4 Å². The highest BCUT2D eigenvalue weighted by atomic mass is 32.2. The molecule has 2 aliphatic heterocycles. The smallest absolute Gasteiger partial charge is 0.254 e. The number of sulfonamides is 1. The number of carbonyl (C=O) groups excluding carboxylic acids is 1. The summed E-state index contributed by atoms with van der Waals surface area (Å²) >= 11 is 0. The van der Waals surface area contributed by atoms with Gasteiger partial charge in [-0.05, 0) is 39.0 Å². The number of piperidine rings is 1. The van der Waals surface area contributed by atoms with E-state index in [9.17, 15) is 18.0 Å². The molecule has 0 aromatic carbocycles. The first kappa shape index (κ1) is 20.0. The van der Waals surface area contributed by atoms with Crippen LogP contribution in [0.15, 0.2) is 4.79 Å². The zero-order chi connectivity index (χ0) is 19.6. The fraction of sp³-hybridized carbons (Fsp3) is 0.722. The van der Waals surface area contributed by atoms with Gasteiger partial charge in [0, 0.05) is 25.1 Å². The molecule has 9 heteroatoms. The van der Waals surface area contributed by atoms with E-state index in [0.717, 1.165) is 25.7 Å².